The summed E-state index contributed by atoms with van der Waals surface area (Å²) in [6.45, 7) is 9.18. The van der Waals surface area contributed by atoms with Crippen LogP contribution >= 0.6 is 0 Å². The smallest absolute Gasteiger partial charge is 0.272 e. The fraction of sp³-hybridized carbons (Fsp3) is 0.165. The molecule has 8 aromatic heterocycles. The molecule has 0 radical (unpaired) electrons. The lowest BCUT2D eigenvalue weighted by Gasteiger charge is -2.39. The predicted octanol–water partition coefficient (Wildman–Crippen LogP) is 21.4. The number of carbonyl (C=O) groups is 1. The number of nitrogens with one attached hydrogen (secondary N) is 9. The molecule has 9 N–H and O–H groups in total. The number of aliphatic imine (C=N–C) groups is 1. The summed E-state index contributed by atoms with van der Waals surface area (Å²) in [5, 5.41) is 48.2. The predicted molar refractivity (Wildman–Crippen MR) is 553 cm³/mol. The van der Waals surface area contributed by atoms with E-state index >= 15 is 0 Å². The molecule has 7 aliphatic rings. The van der Waals surface area contributed by atoms with Crippen molar-refractivity contribution in [2.45, 2.75) is 100 Å². The zero-order valence-corrected chi connectivity index (χ0v) is 76.9. The van der Waals surface area contributed by atoms with Gasteiger partial charge >= 0.3 is 0 Å². The zero-order valence-electron chi connectivity index (χ0n) is 76.9. The third-order valence-electron chi connectivity index (χ3n) is 26.9. The maximum Gasteiger partial charge on any atom is 0.272 e. The largest absolute Gasteiger partial charge is 0.377 e. The van der Waals surface area contributed by atoms with Crippen LogP contribution in [-0.2, 0) is 13.0 Å². The van der Waals surface area contributed by atoms with E-state index in [2.05, 4.69) is 239 Å². The van der Waals surface area contributed by atoms with Crippen molar-refractivity contribution < 1.29 is 13.6 Å². The van der Waals surface area contributed by atoms with Gasteiger partial charge in [0.2, 0.25) is 0 Å². The highest BCUT2D eigenvalue weighted by Crippen LogP contribution is 2.53. The molecular formula is C115H100F2N20O4. The minimum Gasteiger partial charge on any atom is -0.377 e. The van der Waals surface area contributed by atoms with Gasteiger partial charge in [0.1, 0.15) is 18.2 Å². The number of aromatic nitrogens is 11. The summed E-state index contributed by atoms with van der Waals surface area (Å²) < 4.78 is 28.6. The summed E-state index contributed by atoms with van der Waals surface area (Å²) in [5.74, 6) is -1.27. The Morgan fingerprint density at radius 2 is 0.816 bits per heavy atom. The van der Waals surface area contributed by atoms with E-state index in [-0.39, 0.29) is 90.7 Å². The maximum atomic E-state index is 14.3. The summed E-state index contributed by atoms with van der Waals surface area (Å²) in [6, 6.07) is 91.2. The number of Topliss-reactive ketones (excluding diaryl/α,β-unsaturated/α-hetero) is 1. The zero-order chi connectivity index (χ0) is 95.6. The number of anilines is 5. The molecule has 0 saturated carbocycles. The van der Waals surface area contributed by atoms with Gasteiger partial charge in [-0.15, -0.1) is 0 Å². The number of rotatable bonds is 14. The number of hydrazone groups is 1. The van der Waals surface area contributed by atoms with E-state index in [1.165, 1.54) is 46.5 Å². The molecule has 0 fully saturated rings. The Balaban J connectivity index is 0.000000108. The number of pyridine rings is 5. The van der Waals surface area contributed by atoms with Gasteiger partial charge in [-0.1, -0.05) is 191 Å². The number of aryl methyl sites for hydroxylation is 2. The standard InChI is InChI=1S/C25H22FN3O.C24H22FN5O.C22H18N4O.C22H18N4.C21H16N4O.CH4/c1-2-4-15-5-3-6-17(11-15)22-24(16-7-9-27-10-8-16)29-20-13-18(26)12-19-21(30)14-28-25(22)23(19)20;1-30(2)13-14-3-5-15(6-4-14)20-22(16-7-9-26-10-8-16)27-19-12-17(25)11-18-21(19)23(20)28-29-24(18)31;1-13-11-16-19-17(12-13)24-20(15-7-9-23-10-8-15)18(14-5-3-2-4-6-14)21(19)25-26-22(16)27;1-14-17-8-5-9-18-20(17)22(26-25-14)19(15-6-3-2-4-7-15)21(24-18)16-10-12-23-13-11-16;26-21-14-9-6-11-15-18(14)20(24-25-21)17(13-7-2-1-3-8-13)19(23-15)16-10-4-5-12-22-16;/h3,5-13,22,24,29H,2,4,14H2,1H3;3-12,20,22,27H,13H2,1-2H3,(H,29,31);2-12,18,20,24H,1H3,(H,26,27);2-13,19,21,24-25H,1H2;1-12,17,19,23H,(H,25,26);1H4. The molecule has 0 amide bonds. The molecule has 141 heavy (non-hydrogen) atoms. The molecule has 10 atom stereocenters. The lowest BCUT2D eigenvalue weighted by Crippen LogP contribution is -2.36. The quantitative estimate of drug-likeness (QED) is 0.0488. The SMILES string of the molecule is C.C=C1NN=C2c3c(cccc31)NC(c1ccncc1)C2c1ccccc1.CCCc1cccc(C2C3=NCC(=O)c4cc(F)cc(c43)NC2c2ccncc2)c1.CN(C)Cc1ccc(C2c3n[nH]c(=O)c4cc(F)cc(c34)NC2c2ccncc2)cc1.Cc1cc2c3c(n[nH]c(=O)c3c1)C(c1ccccc1)C(c1ccncc1)N2.O=c1[nH]nc2c3c(cccc13)NC(c1ccccn1)C2c1ccccc1. The van der Waals surface area contributed by atoms with E-state index < -0.39 is 17.2 Å². The van der Waals surface area contributed by atoms with Crippen LogP contribution in [0, 0.1) is 18.6 Å². The van der Waals surface area contributed by atoms with Gasteiger partial charge in [0, 0.05) is 129 Å². The van der Waals surface area contributed by atoms with Gasteiger partial charge in [0.15, 0.2) is 5.78 Å². The first kappa shape index (κ1) is 91.5. The van der Waals surface area contributed by atoms with Crippen molar-refractivity contribution in [1.29, 1.82) is 0 Å². The molecule has 7 aliphatic heterocycles. The molecular weight excluding hydrogens is 1760 g/mol. The van der Waals surface area contributed by atoms with Gasteiger partial charge in [-0.05, 0) is 209 Å². The van der Waals surface area contributed by atoms with Crippen LogP contribution in [0.5, 0.6) is 0 Å². The number of benzene rings is 10. The number of aromatic amines is 3. The first-order valence-electron chi connectivity index (χ1n) is 46.7. The van der Waals surface area contributed by atoms with Crippen molar-refractivity contribution in [2.24, 2.45) is 10.1 Å². The van der Waals surface area contributed by atoms with Crippen LogP contribution in [0.2, 0.25) is 0 Å². The Bertz CT molecular complexity index is 7970. The lowest BCUT2D eigenvalue weighted by molar-refractivity contribution is 0.0999. The number of hydrogen-bond donors (Lipinski definition) is 9. The minimum absolute atomic E-state index is 0. The molecule has 0 bridgehead atoms. The number of H-pyrrole nitrogens is 3. The molecule has 25 rings (SSSR count). The Hall–Kier alpha value is -17.3. The van der Waals surface area contributed by atoms with Crippen LogP contribution in [-0.4, -0.2) is 98.3 Å². The fourth-order valence-corrected chi connectivity index (χ4v) is 20.9. The minimum atomic E-state index is -0.461. The topological polar surface area (TPSA) is 319 Å². The average Bonchev–Trinajstić information content (AvgIpc) is 0.724. The molecule has 26 heteroatoms. The van der Waals surface area contributed by atoms with E-state index in [1.54, 1.807) is 43.4 Å². The molecule has 24 nitrogen and oxygen atoms in total. The van der Waals surface area contributed by atoms with Crippen LogP contribution in [0.1, 0.15) is 197 Å². The Labute approximate surface area is 811 Å². The average molecular weight is 1860 g/mol. The van der Waals surface area contributed by atoms with Crippen molar-refractivity contribution in [3.8, 4) is 0 Å². The van der Waals surface area contributed by atoms with Gasteiger partial charge in [0.05, 0.1) is 116 Å². The highest BCUT2D eigenvalue weighted by molar-refractivity contribution is 6.22. The van der Waals surface area contributed by atoms with Crippen molar-refractivity contribution in [3.63, 3.8) is 0 Å². The molecule has 0 spiro atoms. The molecule has 15 heterocycles. The highest BCUT2D eigenvalue weighted by atomic mass is 19.1. The van der Waals surface area contributed by atoms with Crippen molar-refractivity contribution in [3.05, 3.63) is 496 Å². The first-order chi connectivity index (χ1) is 68.5. The third-order valence-corrected chi connectivity index (χ3v) is 26.9. The number of hydrogen-bond acceptors (Lipinski definition) is 21. The van der Waals surface area contributed by atoms with E-state index in [9.17, 15) is 28.0 Å². The van der Waals surface area contributed by atoms with E-state index in [0.29, 0.717) is 38.5 Å². The number of carbonyl (C=O) groups excluding carboxylic acids is 1. The summed E-state index contributed by atoms with van der Waals surface area (Å²) in [4.78, 5) is 77.6. The third kappa shape index (κ3) is 18.1. The van der Waals surface area contributed by atoms with Crippen LogP contribution in [0.4, 0.5) is 37.2 Å². The van der Waals surface area contributed by atoms with E-state index in [4.69, 9.17) is 10.1 Å². The van der Waals surface area contributed by atoms with Gasteiger partial charge in [-0.3, -0.25) is 54.5 Å². The number of ketones is 1. The second-order valence-corrected chi connectivity index (χ2v) is 36.1. The number of nitrogens with zero attached hydrogens (tertiary/aromatic N) is 11. The van der Waals surface area contributed by atoms with Crippen molar-refractivity contribution >= 4 is 83.7 Å². The normalized spacial score (nSPS) is 18.7. The maximum absolute atomic E-state index is 14.3. The Kier molecular flexibility index (Phi) is 25.8. The number of halogens is 2. The van der Waals surface area contributed by atoms with Crippen molar-refractivity contribution in [2.75, 3.05) is 47.2 Å². The molecule has 10 unspecified atom stereocenters. The second kappa shape index (κ2) is 39.8. The van der Waals surface area contributed by atoms with Gasteiger partial charge in [0.25, 0.3) is 16.7 Å². The molecule has 0 aliphatic carbocycles. The summed E-state index contributed by atoms with van der Waals surface area (Å²) in [6.07, 6.45) is 18.2. The lowest BCUT2D eigenvalue weighted by atomic mass is 9.75. The second-order valence-electron chi connectivity index (χ2n) is 36.1. The van der Waals surface area contributed by atoms with Gasteiger partial charge in [-0.25, -0.2) is 24.1 Å². The Morgan fingerprint density at radius 1 is 0.376 bits per heavy atom. The monoisotopic (exact) mass is 1860 g/mol. The van der Waals surface area contributed by atoms with E-state index in [0.717, 1.165) is 148 Å². The first-order valence-corrected chi connectivity index (χ1v) is 46.7. The van der Waals surface area contributed by atoms with Crippen LogP contribution in [0.25, 0.3) is 38.0 Å². The van der Waals surface area contributed by atoms with Gasteiger partial charge < -0.3 is 31.5 Å². The molecule has 0 saturated heterocycles. The fourth-order valence-electron chi connectivity index (χ4n) is 20.9. The van der Waals surface area contributed by atoms with Crippen LogP contribution in [0.3, 0.4) is 0 Å². The van der Waals surface area contributed by atoms with Crippen LogP contribution < -0.4 is 48.7 Å². The molecule has 18 aromatic rings. The summed E-state index contributed by atoms with van der Waals surface area (Å²) in [7, 11) is 4.07. The van der Waals surface area contributed by atoms with Crippen molar-refractivity contribution in [1.82, 2.24) is 65.8 Å². The van der Waals surface area contributed by atoms with Crippen LogP contribution in [0.15, 0.2) is 366 Å². The molecule has 10 aromatic carbocycles. The summed E-state index contributed by atoms with van der Waals surface area (Å²) in [5.41, 5.74) is 29.8. The molecule has 698 valence electrons. The van der Waals surface area contributed by atoms with E-state index in [1.807, 2.05) is 155 Å². The summed E-state index contributed by atoms with van der Waals surface area (Å²) >= 11 is 0. The highest BCUT2D eigenvalue weighted by Gasteiger charge is 2.44. The van der Waals surface area contributed by atoms with Gasteiger partial charge in [-0.2, -0.15) is 20.4 Å². The Morgan fingerprint density at radius 3 is 1.37 bits per heavy atom.